The van der Waals surface area contributed by atoms with E-state index in [-0.39, 0.29) is 0 Å². The number of hydroxylamine groups is 1. The molecule has 0 atom stereocenters. The number of para-hydroxylation sites is 1. The number of rotatable bonds is 3. The number of nitrogens with zero attached hydrogens (tertiary/aromatic N) is 2. The van der Waals surface area contributed by atoms with Gasteiger partial charge in [-0.2, -0.15) is 11.8 Å². The van der Waals surface area contributed by atoms with Crippen molar-refractivity contribution in [1.29, 1.82) is 0 Å². The minimum absolute atomic E-state index is 0.473. The van der Waals surface area contributed by atoms with Crippen LogP contribution in [0, 0.1) is 0 Å². The van der Waals surface area contributed by atoms with Crippen molar-refractivity contribution < 1.29 is 14.7 Å². The van der Waals surface area contributed by atoms with Gasteiger partial charge in [-0.3, -0.25) is 4.98 Å². The normalized spacial score (nSPS) is 14.8. The number of pyridine rings is 1. The van der Waals surface area contributed by atoms with Gasteiger partial charge in [-0.05, 0) is 44.4 Å². The molecule has 6 nitrogen and oxygen atoms in total. The summed E-state index contributed by atoms with van der Waals surface area (Å²) in [5.41, 5.74) is 1.75. The molecule has 0 aliphatic carbocycles. The van der Waals surface area contributed by atoms with Gasteiger partial charge in [0.2, 0.25) is 0 Å². The third-order valence-electron chi connectivity index (χ3n) is 3.28. The number of aromatic nitrogens is 1. The standard InChI is InChI=1S/C11H9NO.C7H15NS2.CH5NO.CH2O/c1-2-4-10(5-3-1)13-11-6-8-12-9-7-11;1-7(2)6-8(9-3)4-5-10-7;1-2-3;1-2/h1-9H;4-6H2,1-3H3;2-3H,1H3;1H2. The average Bonchev–Trinajstić information content (AvgIpc) is 2.71. The van der Waals surface area contributed by atoms with Crippen LogP contribution in [0.25, 0.3) is 0 Å². The molecule has 28 heavy (non-hydrogen) atoms. The van der Waals surface area contributed by atoms with Crippen LogP contribution < -0.4 is 10.2 Å². The zero-order valence-corrected chi connectivity index (χ0v) is 18.6. The predicted molar refractivity (Wildman–Crippen MR) is 120 cm³/mol. The first kappa shape index (κ1) is 26.4. The second-order valence-electron chi connectivity index (χ2n) is 5.98. The Bertz CT molecular complexity index is 567. The number of nitrogens with one attached hydrogen (secondary N) is 1. The van der Waals surface area contributed by atoms with Crippen LogP contribution >= 0.6 is 23.7 Å². The van der Waals surface area contributed by atoms with Crippen LogP contribution in [0.3, 0.4) is 0 Å². The van der Waals surface area contributed by atoms with Crippen molar-refractivity contribution in [1.82, 2.24) is 14.8 Å². The summed E-state index contributed by atoms with van der Waals surface area (Å²) >= 11 is 3.95. The number of carbonyl (C=O) groups excluding carboxylic acids is 1. The van der Waals surface area contributed by atoms with Gasteiger partial charge in [-0.25, -0.2) is 9.79 Å². The Balaban J connectivity index is 0.000000434. The maximum absolute atomic E-state index is 8.00. The Morgan fingerprint density at radius 2 is 1.71 bits per heavy atom. The highest BCUT2D eigenvalue weighted by Gasteiger charge is 2.26. The molecule has 2 aromatic rings. The van der Waals surface area contributed by atoms with E-state index in [0.29, 0.717) is 4.75 Å². The number of benzene rings is 1. The third kappa shape index (κ3) is 12.7. The lowest BCUT2D eigenvalue weighted by molar-refractivity contribution is -0.0979. The molecule has 1 aliphatic heterocycles. The smallest absolute Gasteiger partial charge is 0.130 e. The fourth-order valence-electron chi connectivity index (χ4n) is 2.16. The molecule has 2 heterocycles. The summed E-state index contributed by atoms with van der Waals surface area (Å²) in [5, 5.41) is 7.32. The molecule has 0 radical (unpaired) electrons. The fraction of sp³-hybridized carbons (Fsp3) is 0.400. The highest BCUT2D eigenvalue weighted by atomic mass is 32.2. The molecule has 0 saturated carbocycles. The zero-order valence-electron chi connectivity index (χ0n) is 17.0. The Hall–Kier alpha value is -1.58. The summed E-state index contributed by atoms with van der Waals surface area (Å²) < 4.78 is 8.45. The van der Waals surface area contributed by atoms with E-state index in [9.17, 15) is 0 Å². The van der Waals surface area contributed by atoms with Crippen LogP contribution in [0.2, 0.25) is 0 Å². The SMILES string of the molecule is C=O.CNO.CSN1CCSC(C)(C)C1.c1ccc(Oc2ccncc2)cc1. The molecular formula is C20H31N3O3S2. The predicted octanol–water partition coefficient (Wildman–Crippen LogP) is 4.38. The molecule has 1 aliphatic rings. The minimum atomic E-state index is 0.473. The Morgan fingerprint density at radius 3 is 2.18 bits per heavy atom. The molecule has 1 aromatic carbocycles. The van der Waals surface area contributed by atoms with E-state index in [4.69, 9.17) is 14.7 Å². The number of hydrogen-bond acceptors (Lipinski definition) is 8. The van der Waals surface area contributed by atoms with E-state index in [0.717, 1.165) is 11.5 Å². The van der Waals surface area contributed by atoms with Crippen LogP contribution in [-0.4, -0.2) is 58.2 Å². The molecule has 2 N–H and O–H groups in total. The third-order valence-corrected chi connectivity index (χ3v) is 5.40. The molecule has 0 unspecified atom stereocenters. The fourth-order valence-corrected chi connectivity index (χ4v) is 4.19. The van der Waals surface area contributed by atoms with Crippen LogP contribution in [0.5, 0.6) is 11.5 Å². The van der Waals surface area contributed by atoms with Gasteiger partial charge >= 0.3 is 0 Å². The first-order chi connectivity index (χ1) is 13.5. The van der Waals surface area contributed by atoms with E-state index in [1.807, 2.05) is 61.2 Å². The molecule has 3 rings (SSSR count). The van der Waals surface area contributed by atoms with Gasteiger partial charge in [0.1, 0.15) is 18.3 Å². The zero-order chi connectivity index (χ0) is 21.3. The lowest BCUT2D eigenvalue weighted by Crippen LogP contribution is -2.38. The van der Waals surface area contributed by atoms with Crippen molar-refractivity contribution in [3.63, 3.8) is 0 Å². The van der Waals surface area contributed by atoms with Crippen molar-refractivity contribution in [2.75, 3.05) is 32.1 Å². The summed E-state index contributed by atoms with van der Waals surface area (Å²) in [6, 6.07) is 13.3. The summed E-state index contributed by atoms with van der Waals surface area (Å²) in [6.07, 6.45) is 5.57. The first-order valence-electron chi connectivity index (χ1n) is 8.66. The molecule has 0 bridgehead atoms. The quantitative estimate of drug-likeness (QED) is 0.554. The molecule has 1 saturated heterocycles. The second-order valence-corrected chi connectivity index (χ2v) is 8.66. The number of carbonyl (C=O) groups is 1. The van der Waals surface area contributed by atoms with E-state index in [1.165, 1.54) is 25.9 Å². The lowest BCUT2D eigenvalue weighted by atomic mass is 10.2. The minimum Gasteiger partial charge on any atom is -0.457 e. The molecular weight excluding hydrogens is 394 g/mol. The monoisotopic (exact) mass is 425 g/mol. The maximum Gasteiger partial charge on any atom is 0.130 e. The van der Waals surface area contributed by atoms with Gasteiger partial charge in [0.05, 0.1) is 0 Å². The number of ether oxygens (including phenoxy) is 1. The van der Waals surface area contributed by atoms with Gasteiger partial charge in [0.25, 0.3) is 0 Å². The molecule has 1 fully saturated rings. The van der Waals surface area contributed by atoms with E-state index < -0.39 is 0 Å². The molecule has 0 spiro atoms. The Morgan fingerprint density at radius 1 is 1.18 bits per heavy atom. The highest BCUT2D eigenvalue weighted by molar-refractivity contribution is 8.01. The molecule has 0 amide bonds. The summed E-state index contributed by atoms with van der Waals surface area (Å²) in [5.74, 6) is 2.93. The largest absolute Gasteiger partial charge is 0.457 e. The highest BCUT2D eigenvalue weighted by Crippen LogP contribution is 2.31. The summed E-state index contributed by atoms with van der Waals surface area (Å²) in [6.45, 7) is 9.11. The van der Waals surface area contributed by atoms with Crippen molar-refractivity contribution >= 4 is 30.5 Å². The van der Waals surface area contributed by atoms with Gasteiger partial charge in [0.15, 0.2) is 0 Å². The lowest BCUT2D eigenvalue weighted by Gasteiger charge is -2.35. The van der Waals surface area contributed by atoms with Crippen LogP contribution in [0.15, 0.2) is 54.9 Å². The Kier molecular flexibility index (Phi) is 15.5. The van der Waals surface area contributed by atoms with Crippen LogP contribution in [-0.2, 0) is 4.79 Å². The number of thioether (sulfide) groups is 1. The van der Waals surface area contributed by atoms with Crippen molar-refractivity contribution in [2.24, 2.45) is 0 Å². The Labute approximate surface area is 177 Å². The summed E-state index contributed by atoms with van der Waals surface area (Å²) in [4.78, 5) is 11.9. The van der Waals surface area contributed by atoms with Gasteiger partial charge in [0, 0.05) is 43.0 Å². The first-order valence-corrected chi connectivity index (χ1v) is 10.8. The number of hydrogen-bond donors (Lipinski definition) is 2. The van der Waals surface area contributed by atoms with Crippen LogP contribution in [0.4, 0.5) is 0 Å². The van der Waals surface area contributed by atoms with E-state index >= 15 is 0 Å². The molecule has 8 heteroatoms. The van der Waals surface area contributed by atoms with Crippen LogP contribution in [0.1, 0.15) is 13.8 Å². The van der Waals surface area contributed by atoms with Crippen molar-refractivity contribution in [3.8, 4) is 11.5 Å². The second kappa shape index (κ2) is 16.4. The van der Waals surface area contributed by atoms with Crippen molar-refractivity contribution in [3.05, 3.63) is 54.9 Å². The van der Waals surface area contributed by atoms with Gasteiger partial charge in [-0.1, -0.05) is 30.1 Å². The van der Waals surface area contributed by atoms with E-state index in [2.05, 4.69) is 41.2 Å². The molecule has 156 valence electrons. The van der Waals surface area contributed by atoms with Gasteiger partial charge < -0.3 is 14.7 Å². The van der Waals surface area contributed by atoms with Gasteiger partial charge in [-0.15, -0.1) is 0 Å². The summed E-state index contributed by atoms with van der Waals surface area (Å²) in [7, 11) is 1.43. The van der Waals surface area contributed by atoms with E-state index in [1.54, 1.807) is 17.9 Å². The molecule has 1 aromatic heterocycles. The average molecular weight is 426 g/mol. The van der Waals surface area contributed by atoms with Crippen molar-refractivity contribution in [2.45, 2.75) is 18.6 Å². The topological polar surface area (TPSA) is 74.7 Å². The maximum atomic E-state index is 8.00.